The first kappa shape index (κ1) is 13.5. The van der Waals surface area contributed by atoms with Crippen LogP contribution in [0.4, 0.5) is 0 Å². The van der Waals surface area contributed by atoms with Gasteiger partial charge in [0, 0.05) is 5.56 Å². The summed E-state index contributed by atoms with van der Waals surface area (Å²) in [6.07, 6.45) is 3.32. The molecule has 6 heteroatoms. The molecule has 23 heavy (non-hydrogen) atoms. The summed E-state index contributed by atoms with van der Waals surface area (Å²) in [4.78, 5) is 4.61. The Hall–Kier alpha value is -3.15. The molecule has 4 aromatic rings. The van der Waals surface area contributed by atoms with E-state index in [2.05, 4.69) is 15.2 Å². The predicted molar refractivity (Wildman–Crippen MR) is 85.7 cm³/mol. The van der Waals surface area contributed by atoms with Crippen molar-refractivity contribution in [1.82, 2.24) is 19.7 Å². The molecule has 0 N–H and O–H groups in total. The average molecular weight is 306 g/mol. The maximum atomic E-state index is 5.94. The van der Waals surface area contributed by atoms with Gasteiger partial charge in [-0.05, 0) is 48.9 Å². The van der Waals surface area contributed by atoms with Crippen LogP contribution >= 0.6 is 0 Å². The number of nitrogens with zero attached hydrogens (tertiary/aromatic N) is 4. The Balaban J connectivity index is 1.82. The fraction of sp³-hybridized carbons (Fsp3) is 0.118. The number of methoxy groups -OCH3 is 1. The predicted octanol–water partition coefficient (Wildman–Crippen LogP) is 3.39. The van der Waals surface area contributed by atoms with Gasteiger partial charge >= 0.3 is 0 Å². The molecule has 0 radical (unpaired) electrons. The minimum absolute atomic E-state index is 0.589. The number of oxazole rings is 1. The molecule has 0 saturated heterocycles. The SMILES string of the molecule is COc1ccc(-c2nc3cc(-n4cnnc4)cc(C)c3o2)cc1. The third-order valence-corrected chi connectivity index (χ3v) is 3.71. The molecule has 6 nitrogen and oxygen atoms in total. The van der Waals surface area contributed by atoms with E-state index in [1.54, 1.807) is 19.8 Å². The van der Waals surface area contributed by atoms with E-state index in [0.29, 0.717) is 5.89 Å². The summed E-state index contributed by atoms with van der Waals surface area (Å²) in [6.45, 7) is 2.00. The summed E-state index contributed by atoms with van der Waals surface area (Å²) in [5, 5.41) is 7.67. The molecule has 0 atom stereocenters. The Morgan fingerprint density at radius 1 is 1.04 bits per heavy atom. The van der Waals surface area contributed by atoms with Gasteiger partial charge < -0.3 is 9.15 Å². The van der Waals surface area contributed by atoms with Crippen LogP contribution in [-0.4, -0.2) is 26.9 Å². The minimum atomic E-state index is 0.589. The first-order valence-electron chi connectivity index (χ1n) is 7.15. The molecule has 0 fully saturated rings. The Morgan fingerprint density at radius 2 is 1.78 bits per heavy atom. The second-order valence-corrected chi connectivity index (χ2v) is 5.23. The monoisotopic (exact) mass is 306 g/mol. The van der Waals surface area contributed by atoms with Gasteiger partial charge in [0.1, 0.15) is 23.9 Å². The lowest BCUT2D eigenvalue weighted by Gasteiger charge is -2.02. The van der Waals surface area contributed by atoms with Crippen molar-refractivity contribution in [1.29, 1.82) is 0 Å². The van der Waals surface area contributed by atoms with E-state index in [-0.39, 0.29) is 0 Å². The summed E-state index contributed by atoms with van der Waals surface area (Å²) in [7, 11) is 1.64. The normalized spacial score (nSPS) is 11.0. The van der Waals surface area contributed by atoms with Crippen molar-refractivity contribution in [2.45, 2.75) is 6.92 Å². The highest BCUT2D eigenvalue weighted by Crippen LogP contribution is 2.29. The zero-order valence-corrected chi connectivity index (χ0v) is 12.7. The van der Waals surface area contributed by atoms with Gasteiger partial charge in [0.25, 0.3) is 0 Å². The molecule has 2 aromatic heterocycles. The fourth-order valence-electron chi connectivity index (χ4n) is 2.52. The molecule has 2 heterocycles. The van der Waals surface area contributed by atoms with Crippen LogP contribution in [0.15, 0.2) is 53.5 Å². The summed E-state index contributed by atoms with van der Waals surface area (Å²) in [5.74, 6) is 1.39. The third kappa shape index (κ3) is 2.34. The summed E-state index contributed by atoms with van der Waals surface area (Å²) in [5.41, 5.74) is 4.47. The van der Waals surface area contributed by atoms with Crippen LogP contribution in [0.5, 0.6) is 5.75 Å². The number of aryl methyl sites for hydroxylation is 1. The minimum Gasteiger partial charge on any atom is -0.497 e. The summed E-state index contributed by atoms with van der Waals surface area (Å²) in [6, 6.07) is 11.6. The van der Waals surface area contributed by atoms with Crippen molar-refractivity contribution in [3.63, 3.8) is 0 Å². The van der Waals surface area contributed by atoms with Gasteiger partial charge in [-0.2, -0.15) is 0 Å². The van der Waals surface area contributed by atoms with Crippen LogP contribution in [0, 0.1) is 6.92 Å². The molecular formula is C17H14N4O2. The number of benzene rings is 2. The number of aromatic nitrogens is 4. The van der Waals surface area contributed by atoms with E-state index in [4.69, 9.17) is 9.15 Å². The van der Waals surface area contributed by atoms with Crippen molar-refractivity contribution >= 4 is 11.1 Å². The van der Waals surface area contributed by atoms with Gasteiger partial charge in [0.15, 0.2) is 5.58 Å². The van der Waals surface area contributed by atoms with E-state index in [9.17, 15) is 0 Å². The van der Waals surface area contributed by atoms with Crippen LogP contribution in [0.2, 0.25) is 0 Å². The van der Waals surface area contributed by atoms with E-state index < -0.39 is 0 Å². The number of hydrogen-bond donors (Lipinski definition) is 0. The summed E-state index contributed by atoms with van der Waals surface area (Å²) < 4.78 is 13.0. The third-order valence-electron chi connectivity index (χ3n) is 3.71. The van der Waals surface area contributed by atoms with Gasteiger partial charge in [-0.25, -0.2) is 4.98 Å². The van der Waals surface area contributed by atoms with Crippen LogP contribution in [-0.2, 0) is 0 Å². The molecule has 0 saturated carbocycles. The second-order valence-electron chi connectivity index (χ2n) is 5.23. The van der Waals surface area contributed by atoms with Crippen LogP contribution < -0.4 is 4.74 Å². The fourth-order valence-corrected chi connectivity index (χ4v) is 2.52. The van der Waals surface area contributed by atoms with Crippen molar-refractivity contribution in [2.24, 2.45) is 0 Å². The number of hydrogen-bond acceptors (Lipinski definition) is 5. The molecule has 114 valence electrons. The van der Waals surface area contributed by atoms with Gasteiger partial charge in [-0.1, -0.05) is 0 Å². The van der Waals surface area contributed by atoms with Crippen molar-refractivity contribution in [3.05, 3.63) is 54.6 Å². The van der Waals surface area contributed by atoms with E-state index in [1.807, 2.05) is 47.9 Å². The van der Waals surface area contributed by atoms with Crippen molar-refractivity contribution in [3.8, 4) is 22.9 Å². The largest absolute Gasteiger partial charge is 0.497 e. The van der Waals surface area contributed by atoms with E-state index in [0.717, 1.165) is 33.7 Å². The molecule has 4 rings (SSSR count). The highest BCUT2D eigenvalue weighted by molar-refractivity contribution is 5.81. The molecule has 0 aliphatic heterocycles. The maximum absolute atomic E-state index is 5.94. The van der Waals surface area contributed by atoms with Gasteiger partial charge in [0.05, 0.1) is 12.8 Å². The van der Waals surface area contributed by atoms with Crippen molar-refractivity contribution in [2.75, 3.05) is 7.11 Å². The second kappa shape index (κ2) is 5.24. The number of ether oxygens (including phenoxy) is 1. The van der Waals surface area contributed by atoms with Crippen molar-refractivity contribution < 1.29 is 9.15 Å². The number of fused-ring (bicyclic) bond motifs is 1. The molecular weight excluding hydrogens is 292 g/mol. The summed E-state index contributed by atoms with van der Waals surface area (Å²) >= 11 is 0. The molecule has 0 aliphatic rings. The lowest BCUT2D eigenvalue weighted by atomic mass is 10.2. The quantitative estimate of drug-likeness (QED) is 0.580. The standard InChI is InChI=1S/C17H14N4O2/c1-11-7-13(21-9-18-19-10-21)8-15-16(11)23-17(20-15)12-3-5-14(22-2)6-4-12/h3-10H,1-2H3. The Kier molecular flexibility index (Phi) is 3.08. The van der Waals surface area contributed by atoms with E-state index in [1.165, 1.54) is 0 Å². The smallest absolute Gasteiger partial charge is 0.227 e. The van der Waals surface area contributed by atoms with Crippen LogP contribution in [0.3, 0.4) is 0 Å². The molecule has 0 spiro atoms. The molecule has 0 aliphatic carbocycles. The Bertz CT molecular complexity index is 956. The van der Waals surface area contributed by atoms with Gasteiger partial charge in [-0.3, -0.25) is 4.57 Å². The number of rotatable bonds is 3. The maximum Gasteiger partial charge on any atom is 0.227 e. The van der Waals surface area contributed by atoms with E-state index >= 15 is 0 Å². The molecule has 0 unspecified atom stereocenters. The topological polar surface area (TPSA) is 66.0 Å². The van der Waals surface area contributed by atoms with Gasteiger partial charge in [0.2, 0.25) is 5.89 Å². The first-order valence-corrected chi connectivity index (χ1v) is 7.15. The molecule has 0 bridgehead atoms. The Morgan fingerprint density at radius 3 is 2.48 bits per heavy atom. The molecule has 2 aromatic carbocycles. The average Bonchev–Trinajstić information content (AvgIpc) is 3.24. The highest BCUT2D eigenvalue weighted by Gasteiger charge is 2.12. The van der Waals surface area contributed by atoms with Gasteiger partial charge in [-0.15, -0.1) is 10.2 Å². The zero-order valence-electron chi connectivity index (χ0n) is 12.7. The highest BCUT2D eigenvalue weighted by atomic mass is 16.5. The van der Waals surface area contributed by atoms with Crippen LogP contribution in [0.1, 0.15) is 5.56 Å². The zero-order chi connectivity index (χ0) is 15.8. The Labute approximate surface area is 132 Å². The lowest BCUT2D eigenvalue weighted by Crippen LogP contribution is -1.91. The van der Waals surface area contributed by atoms with Crippen LogP contribution in [0.25, 0.3) is 28.2 Å². The first-order chi connectivity index (χ1) is 11.2. The molecule has 0 amide bonds. The lowest BCUT2D eigenvalue weighted by molar-refractivity contribution is 0.415.